The van der Waals surface area contributed by atoms with E-state index in [4.69, 9.17) is 4.74 Å². The summed E-state index contributed by atoms with van der Waals surface area (Å²) in [6.07, 6.45) is 9.58. The Kier molecular flexibility index (Phi) is 6.99. The molecule has 0 aliphatic carbocycles. The summed E-state index contributed by atoms with van der Waals surface area (Å²) in [4.78, 5) is 0. The van der Waals surface area contributed by atoms with Crippen LogP contribution in [-0.4, -0.2) is 7.11 Å². The lowest BCUT2D eigenvalue weighted by atomic mass is 9.82. The van der Waals surface area contributed by atoms with E-state index in [1.165, 1.54) is 72.9 Å². The van der Waals surface area contributed by atoms with Crippen LogP contribution in [0.3, 0.4) is 0 Å². The van der Waals surface area contributed by atoms with Gasteiger partial charge in [-0.1, -0.05) is 59.4 Å². The van der Waals surface area contributed by atoms with Crippen LogP contribution < -0.4 is 4.74 Å². The van der Waals surface area contributed by atoms with Crippen LogP contribution in [0.4, 0.5) is 0 Å². The highest BCUT2D eigenvalue weighted by Crippen LogP contribution is 2.37. The number of ether oxygens (including phenoxy) is 1. The summed E-state index contributed by atoms with van der Waals surface area (Å²) in [5, 5.41) is 5.58. The number of methoxy groups -OCH3 is 1. The van der Waals surface area contributed by atoms with Crippen LogP contribution in [0.5, 0.6) is 5.75 Å². The molecule has 1 heteroatoms. The first-order valence-electron chi connectivity index (χ1n) is 11.2. The van der Waals surface area contributed by atoms with Gasteiger partial charge in [-0.2, -0.15) is 0 Å². The van der Waals surface area contributed by atoms with Crippen molar-refractivity contribution in [2.45, 2.75) is 79.1 Å². The molecule has 3 aromatic carbocycles. The van der Waals surface area contributed by atoms with Gasteiger partial charge in [0.25, 0.3) is 0 Å². The maximum absolute atomic E-state index is 5.49. The zero-order valence-electron chi connectivity index (χ0n) is 18.5. The van der Waals surface area contributed by atoms with E-state index in [1.807, 2.05) is 0 Å². The molecule has 0 bridgehead atoms. The largest absolute Gasteiger partial charge is 0.497 e. The molecule has 3 aromatic rings. The van der Waals surface area contributed by atoms with Gasteiger partial charge >= 0.3 is 0 Å². The Morgan fingerprint density at radius 3 is 1.50 bits per heavy atom. The minimum Gasteiger partial charge on any atom is -0.497 e. The van der Waals surface area contributed by atoms with Gasteiger partial charge in [0.2, 0.25) is 0 Å². The normalized spacial score (nSPS) is 11.5. The van der Waals surface area contributed by atoms with E-state index in [0.717, 1.165) is 5.75 Å². The summed E-state index contributed by atoms with van der Waals surface area (Å²) in [6.45, 7) is 9.26. The topological polar surface area (TPSA) is 9.23 Å². The molecule has 0 N–H and O–H groups in total. The number of hydrogen-bond donors (Lipinski definition) is 0. The third kappa shape index (κ3) is 3.90. The zero-order valence-corrected chi connectivity index (χ0v) is 18.5. The Morgan fingerprint density at radius 2 is 1.04 bits per heavy atom. The highest BCUT2D eigenvalue weighted by Gasteiger charge is 2.18. The van der Waals surface area contributed by atoms with Crippen LogP contribution in [0, 0.1) is 0 Å². The lowest BCUT2D eigenvalue weighted by Gasteiger charge is -2.23. The van der Waals surface area contributed by atoms with Crippen LogP contribution in [0.15, 0.2) is 30.3 Å². The van der Waals surface area contributed by atoms with Crippen molar-refractivity contribution in [2.75, 3.05) is 7.11 Å². The van der Waals surface area contributed by atoms with E-state index in [0.29, 0.717) is 0 Å². The van der Waals surface area contributed by atoms with Gasteiger partial charge in [-0.15, -0.1) is 0 Å². The smallest absolute Gasteiger partial charge is 0.119 e. The summed E-state index contributed by atoms with van der Waals surface area (Å²) in [7, 11) is 1.75. The quantitative estimate of drug-likeness (QED) is 0.346. The number of hydrogen-bond acceptors (Lipinski definition) is 1. The van der Waals surface area contributed by atoms with Crippen LogP contribution in [-0.2, 0) is 25.7 Å². The number of fused-ring (bicyclic) bond motifs is 2. The second-order valence-electron chi connectivity index (χ2n) is 8.03. The Morgan fingerprint density at radius 1 is 0.571 bits per heavy atom. The summed E-state index contributed by atoms with van der Waals surface area (Å²) in [5.41, 5.74) is 6.53. The average molecular weight is 377 g/mol. The molecule has 0 heterocycles. The van der Waals surface area contributed by atoms with Crippen molar-refractivity contribution in [1.29, 1.82) is 0 Å². The molecule has 0 spiro atoms. The lowest BCUT2D eigenvalue weighted by Crippen LogP contribution is -2.07. The summed E-state index contributed by atoms with van der Waals surface area (Å²) in [6, 6.07) is 11.4. The first-order chi connectivity index (χ1) is 13.7. The molecule has 0 aliphatic heterocycles. The molecular formula is C27H36O. The summed E-state index contributed by atoms with van der Waals surface area (Å²) in [5.74, 6) is 0.939. The van der Waals surface area contributed by atoms with Crippen LogP contribution in [0.1, 0.15) is 75.6 Å². The fourth-order valence-corrected chi connectivity index (χ4v) is 4.77. The molecule has 150 valence electrons. The highest BCUT2D eigenvalue weighted by molar-refractivity contribution is 6.02. The maximum atomic E-state index is 5.49. The maximum Gasteiger partial charge on any atom is 0.119 e. The van der Waals surface area contributed by atoms with Gasteiger partial charge in [0.05, 0.1) is 7.11 Å². The Hall–Kier alpha value is -2.02. The predicted octanol–water partition coefficient (Wildman–Crippen LogP) is 7.81. The molecule has 0 aromatic heterocycles. The van der Waals surface area contributed by atoms with E-state index in [9.17, 15) is 0 Å². The SMILES string of the molecule is CCCc1c(CCC)c(CCC)c2cc3cc(OC)ccc3cc2c1CCC. The minimum atomic E-state index is 0.939. The van der Waals surface area contributed by atoms with Crippen molar-refractivity contribution in [2.24, 2.45) is 0 Å². The fraction of sp³-hybridized carbons (Fsp3) is 0.481. The van der Waals surface area contributed by atoms with Gasteiger partial charge in [0, 0.05) is 0 Å². The standard InChI is InChI=1S/C27H36O/c1-6-10-22-23(11-7-2)25(13-9-4)27-18-20-16-21(28-5)15-14-19(20)17-26(27)24(22)12-8-3/h14-18H,6-13H2,1-5H3. The molecule has 3 rings (SSSR count). The third-order valence-electron chi connectivity index (χ3n) is 5.93. The van der Waals surface area contributed by atoms with Crippen molar-refractivity contribution in [3.63, 3.8) is 0 Å². The summed E-state index contributed by atoms with van der Waals surface area (Å²) < 4.78 is 5.49. The van der Waals surface area contributed by atoms with Crippen molar-refractivity contribution < 1.29 is 4.74 Å². The molecule has 0 aliphatic rings. The fourth-order valence-electron chi connectivity index (χ4n) is 4.77. The molecule has 0 unspecified atom stereocenters. The van der Waals surface area contributed by atoms with Gasteiger partial charge < -0.3 is 4.74 Å². The van der Waals surface area contributed by atoms with Gasteiger partial charge in [-0.3, -0.25) is 0 Å². The van der Waals surface area contributed by atoms with Crippen LogP contribution >= 0.6 is 0 Å². The molecule has 0 fully saturated rings. The lowest BCUT2D eigenvalue weighted by molar-refractivity contribution is 0.415. The van der Waals surface area contributed by atoms with Crippen molar-refractivity contribution >= 4 is 21.5 Å². The van der Waals surface area contributed by atoms with E-state index < -0.39 is 0 Å². The van der Waals surface area contributed by atoms with Crippen molar-refractivity contribution in [3.05, 3.63) is 52.6 Å². The van der Waals surface area contributed by atoms with Gasteiger partial charge in [-0.05, 0) is 93.7 Å². The Balaban J connectivity index is 2.44. The molecule has 28 heavy (non-hydrogen) atoms. The molecule has 1 nitrogen and oxygen atoms in total. The third-order valence-corrected chi connectivity index (χ3v) is 5.93. The number of rotatable bonds is 9. The van der Waals surface area contributed by atoms with Gasteiger partial charge in [-0.25, -0.2) is 0 Å². The van der Waals surface area contributed by atoms with Gasteiger partial charge in [0.15, 0.2) is 0 Å². The van der Waals surface area contributed by atoms with E-state index in [1.54, 1.807) is 29.4 Å². The van der Waals surface area contributed by atoms with E-state index >= 15 is 0 Å². The van der Waals surface area contributed by atoms with E-state index in [2.05, 4.69) is 58.0 Å². The molecule has 0 saturated carbocycles. The first kappa shape index (κ1) is 20.7. The number of aryl methyl sites for hydroxylation is 2. The van der Waals surface area contributed by atoms with Gasteiger partial charge in [0.1, 0.15) is 5.75 Å². The Labute approximate surface area is 171 Å². The Bertz CT molecular complexity index is 952. The molecular weight excluding hydrogens is 340 g/mol. The monoisotopic (exact) mass is 376 g/mol. The van der Waals surface area contributed by atoms with E-state index in [-0.39, 0.29) is 0 Å². The second kappa shape index (κ2) is 9.45. The zero-order chi connectivity index (χ0) is 20.1. The minimum absolute atomic E-state index is 0.939. The summed E-state index contributed by atoms with van der Waals surface area (Å²) >= 11 is 0. The molecule has 0 radical (unpaired) electrons. The van der Waals surface area contributed by atoms with Crippen LogP contribution in [0.25, 0.3) is 21.5 Å². The predicted molar refractivity (Wildman–Crippen MR) is 124 cm³/mol. The highest BCUT2D eigenvalue weighted by atomic mass is 16.5. The first-order valence-corrected chi connectivity index (χ1v) is 11.2. The van der Waals surface area contributed by atoms with Crippen LogP contribution in [0.2, 0.25) is 0 Å². The van der Waals surface area contributed by atoms with Crippen molar-refractivity contribution in [1.82, 2.24) is 0 Å². The molecule has 0 saturated heterocycles. The molecule has 0 atom stereocenters. The average Bonchev–Trinajstić information content (AvgIpc) is 2.71. The second-order valence-corrected chi connectivity index (χ2v) is 8.03. The number of benzene rings is 3. The molecule has 0 amide bonds. The van der Waals surface area contributed by atoms with Crippen molar-refractivity contribution in [3.8, 4) is 5.75 Å².